The van der Waals surface area contributed by atoms with Gasteiger partial charge in [-0.2, -0.15) is 26.3 Å². The molecular weight excluding hydrogens is 583 g/mol. The highest BCUT2D eigenvalue weighted by Crippen LogP contribution is 2.47. The SMILES string of the molecule is COc1cc(F)c(OC(C)C)cc1C1=C(CN2C(=O)O[C@H](c3cc(C(F)(F)F)cc(C(F)(F)F)c3)[C@@H]2C)CC(C)(C)CC1. The van der Waals surface area contributed by atoms with Crippen LogP contribution in [0.2, 0.25) is 0 Å². The third kappa shape index (κ3) is 7.04. The van der Waals surface area contributed by atoms with Crippen LogP contribution >= 0.6 is 0 Å². The molecular formula is C31H34F7NO4. The van der Waals surface area contributed by atoms with Crippen molar-refractivity contribution in [3.05, 3.63) is 64.0 Å². The number of amides is 1. The Labute approximate surface area is 245 Å². The number of methoxy groups -OCH3 is 1. The van der Waals surface area contributed by atoms with Gasteiger partial charge in [-0.05, 0) is 86.4 Å². The van der Waals surface area contributed by atoms with Crippen molar-refractivity contribution >= 4 is 11.7 Å². The monoisotopic (exact) mass is 617 g/mol. The molecule has 1 amide bonds. The molecule has 5 nitrogen and oxygen atoms in total. The van der Waals surface area contributed by atoms with E-state index in [0.29, 0.717) is 30.5 Å². The van der Waals surface area contributed by atoms with Gasteiger partial charge in [-0.15, -0.1) is 0 Å². The number of rotatable bonds is 7. The van der Waals surface area contributed by atoms with Gasteiger partial charge in [0, 0.05) is 18.2 Å². The predicted molar refractivity (Wildman–Crippen MR) is 145 cm³/mol. The summed E-state index contributed by atoms with van der Waals surface area (Å²) in [5, 5.41) is 0. The number of benzene rings is 2. The van der Waals surface area contributed by atoms with Crippen molar-refractivity contribution in [3.63, 3.8) is 0 Å². The molecule has 0 unspecified atom stereocenters. The van der Waals surface area contributed by atoms with Gasteiger partial charge in [0.25, 0.3) is 0 Å². The van der Waals surface area contributed by atoms with Gasteiger partial charge in [-0.25, -0.2) is 9.18 Å². The van der Waals surface area contributed by atoms with E-state index in [1.807, 2.05) is 0 Å². The summed E-state index contributed by atoms with van der Waals surface area (Å²) in [7, 11) is 1.41. The van der Waals surface area contributed by atoms with Gasteiger partial charge in [0.15, 0.2) is 11.6 Å². The Morgan fingerprint density at radius 1 is 1.00 bits per heavy atom. The molecule has 2 aliphatic rings. The molecule has 0 saturated carbocycles. The number of carbonyl (C=O) groups excluding carboxylic acids is 1. The van der Waals surface area contributed by atoms with E-state index in [0.717, 1.165) is 17.6 Å². The molecule has 0 spiro atoms. The molecule has 2 aromatic rings. The molecule has 43 heavy (non-hydrogen) atoms. The summed E-state index contributed by atoms with van der Waals surface area (Å²) in [5.41, 5.74) is -1.39. The lowest BCUT2D eigenvalue weighted by atomic mass is 9.72. The predicted octanol–water partition coefficient (Wildman–Crippen LogP) is 9.20. The molecule has 0 bridgehead atoms. The van der Waals surface area contributed by atoms with Crippen LogP contribution in [0.5, 0.6) is 11.5 Å². The van der Waals surface area contributed by atoms with Crippen molar-refractivity contribution in [2.75, 3.05) is 13.7 Å². The van der Waals surface area contributed by atoms with Gasteiger partial charge in [-0.3, -0.25) is 4.90 Å². The second-order valence-corrected chi connectivity index (χ2v) is 12.1. The van der Waals surface area contributed by atoms with Crippen LogP contribution in [0.25, 0.3) is 5.57 Å². The van der Waals surface area contributed by atoms with Crippen LogP contribution in [0.15, 0.2) is 35.9 Å². The van der Waals surface area contributed by atoms with Gasteiger partial charge in [0.2, 0.25) is 0 Å². The molecule has 2 aromatic carbocycles. The largest absolute Gasteiger partial charge is 0.496 e. The van der Waals surface area contributed by atoms with E-state index in [-0.39, 0.29) is 35.6 Å². The molecule has 12 heteroatoms. The van der Waals surface area contributed by atoms with E-state index in [4.69, 9.17) is 14.2 Å². The molecule has 1 fully saturated rings. The van der Waals surface area contributed by atoms with Crippen molar-refractivity contribution in [1.82, 2.24) is 4.90 Å². The fraction of sp³-hybridized carbons (Fsp3) is 0.516. The van der Waals surface area contributed by atoms with Crippen molar-refractivity contribution in [2.45, 2.75) is 84.5 Å². The van der Waals surface area contributed by atoms with E-state index < -0.39 is 53.1 Å². The van der Waals surface area contributed by atoms with Gasteiger partial charge in [-0.1, -0.05) is 13.8 Å². The average molecular weight is 618 g/mol. The number of alkyl halides is 6. The average Bonchev–Trinajstić information content (AvgIpc) is 3.16. The molecule has 1 aliphatic heterocycles. The highest BCUT2D eigenvalue weighted by molar-refractivity contribution is 5.77. The minimum absolute atomic E-state index is 0.00124. The Balaban J connectivity index is 1.76. The summed E-state index contributed by atoms with van der Waals surface area (Å²) in [4.78, 5) is 14.4. The standard InChI is InChI=1S/C31H34F7NO4/c1-16(2)42-26-12-23(25(41-6)13-24(26)32)22-7-8-29(4,5)14-19(22)15-39-17(3)27(43-28(39)40)18-9-20(30(33,34)35)11-21(10-18)31(36,37)38/h9-13,16-17,27H,7-8,14-15H2,1-6H3/t17-,27-/m0/s1. The maximum absolute atomic E-state index is 14.8. The minimum Gasteiger partial charge on any atom is -0.496 e. The third-order valence-electron chi connectivity index (χ3n) is 7.80. The summed E-state index contributed by atoms with van der Waals surface area (Å²) in [6.07, 6.45) is -10.8. The molecule has 2 atom stereocenters. The molecule has 0 radical (unpaired) electrons. The first kappa shape index (κ1) is 32.5. The van der Waals surface area contributed by atoms with E-state index in [1.54, 1.807) is 19.9 Å². The van der Waals surface area contributed by atoms with Gasteiger partial charge < -0.3 is 14.2 Å². The second-order valence-electron chi connectivity index (χ2n) is 12.1. The Hall–Kier alpha value is -3.44. The topological polar surface area (TPSA) is 48.0 Å². The number of hydrogen-bond donors (Lipinski definition) is 0. The van der Waals surface area contributed by atoms with Crippen LogP contribution in [0.4, 0.5) is 35.5 Å². The number of ether oxygens (including phenoxy) is 3. The fourth-order valence-corrected chi connectivity index (χ4v) is 5.68. The minimum atomic E-state index is -5.04. The fourth-order valence-electron chi connectivity index (χ4n) is 5.68. The maximum Gasteiger partial charge on any atom is 0.416 e. The summed E-state index contributed by atoms with van der Waals surface area (Å²) in [6, 6.07) is 3.09. The Kier molecular flexibility index (Phi) is 8.74. The highest BCUT2D eigenvalue weighted by Gasteiger charge is 2.44. The van der Waals surface area contributed by atoms with E-state index in [9.17, 15) is 35.5 Å². The first-order valence-corrected chi connectivity index (χ1v) is 13.8. The zero-order valence-corrected chi connectivity index (χ0v) is 24.7. The molecule has 1 saturated heterocycles. The van der Waals surface area contributed by atoms with Gasteiger partial charge >= 0.3 is 18.4 Å². The highest BCUT2D eigenvalue weighted by atomic mass is 19.4. The number of carbonyl (C=O) groups is 1. The van der Waals surface area contributed by atoms with Crippen LogP contribution in [-0.4, -0.2) is 36.8 Å². The quantitative estimate of drug-likeness (QED) is 0.291. The van der Waals surface area contributed by atoms with Crippen LogP contribution < -0.4 is 9.47 Å². The van der Waals surface area contributed by atoms with E-state index >= 15 is 0 Å². The molecule has 4 rings (SSSR count). The lowest BCUT2D eigenvalue weighted by Gasteiger charge is -2.36. The van der Waals surface area contributed by atoms with Crippen molar-refractivity contribution in [1.29, 1.82) is 0 Å². The molecule has 236 valence electrons. The second kappa shape index (κ2) is 11.6. The number of halogens is 7. The molecule has 1 aliphatic carbocycles. The lowest BCUT2D eigenvalue weighted by molar-refractivity contribution is -0.143. The number of hydrogen-bond acceptors (Lipinski definition) is 4. The summed E-state index contributed by atoms with van der Waals surface area (Å²) < 4.78 is 112. The summed E-state index contributed by atoms with van der Waals surface area (Å²) in [6.45, 7) is 9.14. The zero-order valence-electron chi connectivity index (χ0n) is 24.7. The lowest BCUT2D eigenvalue weighted by Crippen LogP contribution is -2.35. The van der Waals surface area contributed by atoms with Crippen molar-refractivity contribution in [2.24, 2.45) is 5.41 Å². The smallest absolute Gasteiger partial charge is 0.416 e. The molecule has 0 aromatic heterocycles. The molecule has 0 N–H and O–H groups in total. The zero-order chi connectivity index (χ0) is 32.1. The Bertz CT molecular complexity index is 1380. The summed E-state index contributed by atoms with van der Waals surface area (Å²) >= 11 is 0. The Morgan fingerprint density at radius 3 is 2.14 bits per heavy atom. The number of allylic oxidation sites excluding steroid dienone is 1. The van der Waals surface area contributed by atoms with Crippen molar-refractivity contribution in [3.8, 4) is 11.5 Å². The van der Waals surface area contributed by atoms with Crippen LogP contribution in [0, 0.1) is 11.2 Å². The van der Waals surface area contributed by atoms with Crippen molar-refractivity contribution < 1.29 is 49.7 Å². The van der Waals surface area contributed by atoms with Crippen LogP contribution in [-0.2, 0) is 17.1 Å². The normalized spacial score (nSPS) is 21.0. The number of cyclic esters (lactones) is 1. The number of nitrogens with zero attached hydrogens (tertiary/aromatic N) is 1. The Morgan fingerprint density at radius 2 is 1.60 bits per heavy atom. The third-order valence-corrected chi connectivity index (χ3v) is 7.80. The maximum atomic E-state index is 14.8. The summed E-state index contributed by atoms with van der Waals surface area (Å²) in [5.74, 6) is -0.313. The molecule has 1 heterocycles. The van der Waals surface area contributed by atoms with Crippen LogP contribution in [0.1, 0.15) is 82.2 Å². The van der Waals surface area contributed by atoms with Gasteiger partial charge in [0.05, 0.1) is 30.4 Å². The van der Waals surface area contributed by atoms with Crippen LogP contribution in [0.3, 0.4) is 0 Å². The first-order valence-electron chi connectivity index (χ1n) is 13.8. The van der Waals surface area contributed by atoms with E-state index in [2.05, 4.69) is 13.8 Å². The van der Waals surface area contributed by atoms with E-state index in [1.165, 1.54) is 25.0 Å². The first-order chi connectivity index (χ1) is 19.8. The van der Waals surface area contributed by atoms with Gasteiger partial charge in [0.1, 0.15) is 11.9 Å².